The summed E-state index contributed by atoms with van der Waals surface area (Å²) >= 11 is 0. The van der Waals surface area contributed by atoms with Gasteiger partial charge in [0.1, 0.15) is 5.82 Å². The molecular weight excluding hydrogens is 415 g/mol. The van der Waals surface area contributed by atoms with Gasteiger partial charge in [0, 0.05) is 62.5 Å². The number of fused-ring (bicyclic) bond motifs is 1. The molecule has 0 saturated carbocycles. The lowest BCUT2D eigenvalue weighted by Gasteiger charge is -2.34. The zero-order valence-electron chi connectivity index (χ0n) is 20.2. The lowest BCUT2D eigenvalue weighted by Crippen LogP contribution is -2.48. The van der Waals surface area contributed by atoms with Gasteiger partial charge in [-0.3, -0.25) is 9.69 Å². The van der Waals surface area contributed by atoms with Gasteiger partial charge < -0.3 is 14.7 Å². The van der Waals surface area contributed by atoms with Crippen LogP contribution in [0.1, 0.15) is 40.6 Å². The van der Waals surface area contributed by atoms with Crippen molar-refractivity contribution in [2.75, 3.05) is 58.8 Å². The van der Waals surface area contributed by atoms with Gasteiger partial charge in [-0.25, -0.2) is 4.39 Å². The first-order valence-electron chi connectivity index (χ1n) is 12.1. The van der Waals surface area contributed by atoms with Crippen LogP contribution in [0.15, 0.2) is 36.4 Å². The van der Waals surface area contributed by atoms with Crippen LogP contribution in [0.3, 0.4) is 0 Å². The van der Waals surface area contributed by atoms with Crippen molar-refractivity contribution in [3.05, 3.63) is 64.5 Å². The van der Waals surface area contributed by atoms with Gasteiger partial charge >= 0.3 is 0 Å². The quantitative estimate of drug-likeness (QED) is 0.714. The van der Waals surface area contributed by atoms with Crippen LogP contribution in [0, 0.1) is 12.7 Å². The zero-order chi connectivity index (χ0) is 23.3. The maximum absolute atomic E-state index is 14.7. The highest BCUT2D eigenvalue weighted by Gasteiger charge is 2.41. The van der Waals surface area contributed by atoms with Gasteiger partial charge in [-0.15, -0.1) is 0 Å². The Hall–Kier alpha value is -2.44. The third-order valence-corrected chi connectivity index (χ3v) is 8.03. The molecule has 1 unspecified atom stereocenters. The number of rotatable bonds is 4. The summed E-state index contributed by atoms with van der Waals surface area (Å²) in [5, 5.41) is 0. The van der Waals surface area contributed by atoms with Crippen LogP contribution < -0.4 is 4.90 Å². The summed E-state index contributed by atoms with van der Waals surface area (Å²) in [6.45, 7) is 6.12. The van der Waals surface area contributed by atoms with Crippen molar-refractivity contribution in [1.29, 1.82) is 0 Å². The molecule has 3 aliphatic rings. The molecule has 2 saturated heterocycles. The number of hydrogen-bond acceptors (Lipinski definition) is 4. The van der Waals surface area contributed by atoms with Gasteiger partial charge in [-0.1, -0.05) is 24.3 Å². The van der Waals surface area contributed by atoms with Gasteiger partial charge in [0.05, 0.1) is 6.54 Å². The second-order valence-electron chi connectivity index (χ2n) is 10.2. The normalized spacial score (nSPS) is 25.9. The molecule has 176 valence electrons. The molecule has 0 bridgehead atoms. The third-order valence-electron chi connectivity index (χ3n) is 8.03. The smallest absolute Gasteiger partial charge is 0.241 e. The first-order chi connectivity index (χ1) is 15.8. The number of amides is 1. The average molecular weight is 451 g/mol. The van der Waals surface area contributed by atoms with E-state index in [1.165, 1.54) is 16.7 Å². The fourth-order valence-corrected chi connectivity index (χ4v) is 6.12. The molecule has 2 heterocycles. The summed E-state index contributed by atoms with van der Waals surface area (Å²) in [4.78, 5) is 21.0. The van der Waals surface area contributed by atoms with Crippen molar-refractivity contribution in [2.45, 2.75) is 37.8 Å². The minimum absolute atomic E-state index is 0.0539. The summed E-state index contributed by atoms with van der Waals surface area (Å²) in [5.41, 5.74) is 5.81. The summed E-state index contributed by atoms with van der Waals surface area (Å²) in [5.74, 6) is 0.493. The highest BCUT2D eigenvalue weighted by Crippen LogP contribution is 2.43. The highest BCUT2D eigenvalue weighted by atomic mass is 19.1. The Bertz CT molecular complexity index is 1050. The maximum Gasteiger partial charge on any atom is 0.241 e. The molecule has 2 fully saturated rings. The van der Waals surface area contributed by atoms with Gasteiger partial charge in [0.2, 0.25) is 5.91 Å². The van der Waals surface area contributed by atoms with Crippen molar-refractivity contribution in [3.8, 4) is 0 Å². The molecule has 5 rings (SSSR count). The van der Waals surface area contributed by atoms with Crippen LogP contribution in [0.25, 0.3) is 0 Å². The van der Waals surface area contributed by atoms with E-state index < -0.39 is 0 Å². The predicted octanol–water partition coefficient (Wildman–Crippen LogP) is 3.43. The Morgan fingerprint density at radius 1 is 1.09 bits per heavy atom. The second kappa shape index (κ2) is 8.73. The van der Waals surface area contributed by atoms with Gasteiger partial charge in [-0.2, -0.15) is 0 Å². The van der Waals surface area contributed by atoms with E-state index in [0.717, 1.165) is 50.3 Å². The highest BCUT2D eigenvalue weighted by molar-refractivity contribution is 5.83. The number of likely N-dealkylation sites (tertiary alicyclic amines) is 1. The van der Waals surface area contributed by atoms with Crippen molar-refractivity contribution in [3.63, 3.8) is 0 Å². The lowest BCUT2D eigenvalue weighted by molar-refractivity contribution is -0.129. The van der Waals surface area contributed by atoms with Crippen molar-refractivity contribution in [2.24, 2.45) is 0 Å². The van der Waals surface area contributed by atoms with Gasteiger partial charge in [-0.05, 0) is 62.7 Å². The number of carbonyl (C=O) groups excluding carboxylic acids is 1. The summed E-state index contributed by atoms with van der Waals surface area (Å²) in [7, 11) is 6.18. The van der Waals surface area contributed by atoms with E-state index in [1.807, 2.05) is 13.1 Å². The zero-order valence-corrected chi connectivity index (χ0v) is 20.2. The predicted molar refractivity (Wildman–Crippen MR) is 130 cm³/mol. The molecule has 1 amide bonds. The molecule has 2 aromatic rings. The Labute approximate surface area is 196 Å². The number of nitrogens with zero attached hydrogens (tertiary/aromatic N) is 4. The van der Waals surface area contributed by atoms with E-state index in [2.05, 4.69) is 60.0 Å². The van der Waals surface area contributed by atoms with Crippen LogP contribution in [0.4, 0.5) is 10.1 Å². The Kier molecular flexibility index (Phi) is 5.91. The summed E-state index contributed by atoms with van der Waals surface area (Å²) in [6.07, 6.45) is 1.96. The Balaban J connectivity index is 1.39. The van der Waals surface area contributed by atoms with Crippen LogP contribution >= 0.6 is 0 Å². The number of anilines is 1. The average Bonchev–Trinajstić information content (AvgIpc) is 3.41. The number of aryl methyl sites for hydroxylation is 2. The molecule has 6 heteroatoms. The number of likely N-dealkylation sites (N-methyl/N-ethyl adjacent to an activating group) is 2. The molecule has 0 aromatic heterocycles. The van der Waals surface area contributed by atoms with Crippen molar-refractivity contribution >= 4 is 11.6 Å². The molecule has 3 atom stereocenters. The van der Waals surface area contributed by atoms with E-state index in [4.69, 9.17) is 0 Å². The number of piperazine rings is 1. The van der Waals surface area contributed by atoms with Crippen LogP contribution in [-0.2, 0) is 11.2 Å². The Morgan fingerprint density at radius 2 is 1.91 bits per heavy atom. The fraction of sp³-hybridized carbons (Fsp3) is 0.519. The molecule has 2 aromatic carbocycles. The number of halogens is 1. The largest absolute Gasteiger partial charge is 0.360 e. The topological polar surface area (TPSA) is 30.0 Å². The fourth-order valence-electron chi connectivity index (χ4n) is 6.12. The molecule has 0 N–H and O–H groups in total. The first kappa shape index (κ1) is 22.4. The molecule has 2 aliphatic heterocycles. The number of carbonyl (C=O) groups is 1. The minimum atomic E-state index is -0.0539. The van der Waals surface area contributed by atoms with E-state index in [9.17, 15) is 9.18 Å². The monoisotopic (exact) mass is 450 g/mol. The Morgan fingerprint density at radius 3 is 2.64 bits per heavy atom. The minimum Gasteiger partial charge on any atom is -0.360 e. The molecule has 0 spiro atoms. The van der Waals surface area contributed by atoms with Crippen LogP contribution in [-0.4, -0.2) is 80.5 Å². The summed E-state index contributed by atoms with van der Waals surface area (Å²) < 4.78 is 14.7. The van der Waals surface area contributed by atoms with E-state index >= 15 is 0 Å². The SMILES string of the molecule is Cc1cc([C@H]2CN(C3CCc4cccc(F)c43)C[C@@H]2N(C)C)ccc1N1CCN(C)C(=O)C1. The standard InChI is InChI=1S/C27H35FN4O/c1-18-14-20(9-10-23(18)31-13-12-30(4)26(33)17-31)21-15-32(16-25(21)29(2)3)24-11-8-19-6-5-7-22(28)27(19)24/h5-7,9-10,14,21,24-25H,8,11-13,15-17H2,1-4H3/t21-,24?,25+/m1/s1. The molecule has 5 nitrogen and oxygen atoms in total. The molecular formula is C27H35FN4O. The summed E-state index contributed by atoms with van der Waals surface area (Å²) in [6, 6.07) is 12.8. The van der Waals surface area contributed by atoms with Crippen molar-refractivity contribution in [1.82, 2.24) is 14.7 Å². The number of hydrogen-bond donors (Lipinski definition) is 0. The van der Waals surface area contributed by atoms with E-state index in [0.29, 0.717) is 18.5 Å². The maximum atomic E-state index is 14.7. The van der Waals surface area contributed by atoms with Crippen LogP contribution in [0.2, 0.25) is 0 Å². The third kappa shape index (κ3) is 4.04. The van der Waals surface area contributed by atoms with E-state index in [-0.39, 0.29) is 17.8 Å². The van der Waals surface area contributed by atoms with Crippen molar-refractivity contribution < 1.29 is 9.18 Å². The van der Waals surface area contributed by atoms with Gasteiger partial charge in [0.15, 0.2) is 0 Å². The van der Waals surface area contributed by atoms with Crippen LogP contribution in [0.5, 0.6) is 0 Å². The lowest BCUT2D eigenvalue weighted by atomic mass is 9.92. The van der Waals surface area contributed by atoms with Gasteiger partial charge in [0.25, 0.3) is 0 Å². The first-order valence-corrected chi connectivity index (χ1v) is 12.1. The van der Waals surface area contributed by atoms with E-state index in [1.54, 1.807) is 11.0 Å². The molecule has 1 aliphatic carbocycles. The molecule has 33 heavy (non-hydrogen) atoms. The number of benzene rings is 2. The second-order valence-corrected chi connectivity index (χ2v) is 10.2. The molecule has 0 radical (unpaired) electrons.